The average Bonchev–Trinajstić information content (AvgIpc) is 2.34. The minimum Gasteiger partial charge on any atom is -0.361 e. The normalized spacial score (nSPS) is 11.4. The van der Waals surface area contributed by atoms with Crippen molar-refractivity contribution in [1.29, 1.82) is 0 Å². The molecule has 0 aliphatic carbocycles. The third-order valence-electron chi connectivity index (χ3n) is 2.94. The molecule has 0 atom stereocenters. The molecule has 0 spiro atoms. The molecule has 118 valence electrons. The highest BCUT2D eigenvalue weighted by Gasteiger charge is 2.18. The van der Waals surface area contributed by atoms with Gasteiger partial charge in [0.15, 0.2) is 0 Å². The van der Waals surface area contributed by atoms with Crippen molar-refractivity contribution in [2.75, 3.05) is 25.5 Å². The summed E-state index contributed by atoms with van der Waals surface area (Å²) in [6.45, 7) is 6.20. The zero-order valence-electron chi connectivity index (χ0n) is 13.2. The van der Waals surface area contributed by atoms with Crippen LogP contribution >= 0.6 is 0 Å². The predicted molar refractivity (Wildman–Crippen MR) is 80.3 cm³/mol. The van der Waals surface area contributed by atoms with Crippen molar-refractivity contribution in [3.05, 3.63) is 29.3 Å². The lowest BCUT2D eigenvalue weighted by Gasteiger charge is -2.22. The van der Waals surface area contributed by atoms with Crippen LogP contribution < -0.4 is 15.5 Å². The Hall–Kier alpha value is -1.69. The second-order valence-corrected chi connectivity index (χ2v) is 6.04. The Morgan fingerprint density at radius 2 is 1.76 bits per heavy atom. The van der Waals surface area contributed by atoms with Gasteiger partial charge in [-0.05, 0) is 38.5 Å². The molecule has 0 saturated heterocycles. The van der Waals surface area contributed by atoms with Gasteiger partial charge in [0.25, 0.3) is 0 Å². The van der Waals surface area contributed by atoms with Crippen LogP contribution in [0.4, 0.5) is 14.5 Å². The molecular weight excluding hydrogens is 276 g/mol. The summed E-state index contributed by atoms with van der Waals surface area (Å²) in [5.74, 6) is -1.66. The van der Waals surface area contributed by atoms with Gasteiger partial charge in [0.05, 0.1) is 6.54 Å². The summed E-state index contributed by atoms with van der Waals surface area (Å²) in [6, 6.07) is 2.58. The van der Waals surface area contributed by atoms with Crippen LogP contribution in [0.15, 0.2) is 12.1 Å². The number of halogens is 2. The summed E-state index contributed by atoms with van der Waals surface area (Å²) >= 11 is 0. The molecule has 1 aromatic carbocycles. The van der Waals surface area contributed by atoms with Gasteiger partial charge in [-0.1, -0.05) is 0 Å². The Morgan fingerprint density at radius 3 is 2.19 bits per heavy atom. The number of anilines is 1. The molecule has 0 unspecified atom stereocenters. The van der Waals surface area contributed by atoms with Gasteiger partial charge in [-0.2, -0.15) is 0 Å². The van der Waals surface area contributed by atoms with Crippen molar-refractivity contribution < 1.29 is 13.6 Å². The molecule has 1 amide bonds. The summed E-state index contributed by atoms with van der Waals surface area (Å²) in [7, 11) is 2.95. The third-order valence-corrected chi connectivity index (χ3v) is 2.94. The minimum absolute atomic E-state index is 0.107. The molecular formula is C15H23F2N3O. The first-order chi connectivity index (χ1) is 9.64. The van der Waals surface area contributed by atoms with Gasteiger partial charge in [0, 0.05) is 26.2 Å². The van der Waals surface area contributed by atoms with Crippen LogP contribution in [0.1, 0.15) is 26.3 Å². The lowest BCUT2D eigenvalue weighted by Crippen LogP contribution is -2.35. The maximum atomic E-state index is 14.1. The number of nitrogens with one attached hydrogen (secondary N) is 2. The summed E-state index contributed by atoms with van der Waals surface area (Å²) < 4.78 is 28.2. The van der Waals surface area contributed by atoms with Crippen LogP contribution in [0.5, 0.6) is 0 Å². The molecule has 0 bridgehead atoms. The lowest BCUT2D eigenvalue weighted by atomic mass is 10.1. The second-order valence-electron chi connectivity index (χ2n) is 6.04. The predicted octanol–water partition coefficient (Wildman–Crippen LogP) is 2.04. The quantitative estimate of drug-likeness (QED) is 0.874. The molecule has 0 aliphatic heterocycles. The molecule has 2 N–H and O–H groups in total. The van der Waals surface area contributed by atoms with Crippen molar-refractivity contribution in [3.63, 3.8) is 0 Å². The molecule has 0 aromatic heterocycles. The van der Waals surface area contributed by atoms with E-state index in [9.17, 15) is 13.6 Å². The zero-order chi connectivity index (χ0) is 16.2. The van der Waals surface area contributed by atoms with Crippen LogP contribution in [-0.2, 0) is 11.3 Å². The highest BCUT2D eigenvalue weighted by molar-refractivity contribution is 5.81. The largest absolute Gasteiger partial charge is 0.361 e. The fraction of sp³-hybridized carbons (Fsp3) is 0.533. The maximum absolute atomic E-state index is 14.1. The first-order valence-electron chi connectivity index (χ1n) is 6.78. The van der Waals surface area contributed by atoms with E-state index in [2.05, 4.69) is 10.6 Å². The Balaban J connectivity index is 2.92. The number of hydrogen-bond acceptors (Lipinski definition) is 3. The first-order valence-corrected chi connectivity index (χ1v) is 6.78. The monoisotopic (exact) mass is 299 g/mol. The van der Waals surface area contributed by atoms with E-state index in [1.54, 1.807) is 0 Å². The molecule has 0 radical (unpaired) electrons. The maximum Gasteiger partial charge on any atom is 0.239 e. The topological polar surface area (TPSA) is 44.4 Å². The van der Waals surface area contributed by atoms with Gasteiger partial charge in [-0.25, -0.2) is 8.78 Å². The molecule has 1 rings (SSSR count). The fourth-order valence-corrected chi connectivity index (χ4v) is 1.83. The first kappa shape index (κ1) is 17.4. The third kappa shape index (κ3) is 5.30. The summed E-state index contributed by atoms with van der Waals surface area (Å²) in [6.07, 6.45) is 0. The Kier molecular flexibility index (Phi) is 5.66. The average molecular weight is 299 g/mol. The van der Waals surface area contributed by atoms with E-state index in [-0.39, 0.29) is 23.7 Å². The highest BCUT2D eigenvalue weighted by Crippen LogP contribution is 2.24. The Labute approximate surface area is 124 Å². The van der Waals surface area contributed by atoms with E-state index < -0.39 is 11.6 Å². The molecule has 4 nitrogen and oxygen atoms in total. The summed E-state index contributed by atoms with van der Waals surface area (Å²) in [5.41, 5.74) is 0.192. The molecule has 0 saturated carbocycles. The SMILES string of the molecule is CNC(=O)CN(C)c1c(F)cc(CNC(C)(C)C)cc1F. The molecule has 0 fully saturated rings. The van der Waals surface area contributed by atoms with E-state index in [1.807, 2.05) is 20.8 Å². The van der Waals surface area contributed by atoms with Gasteiger partial charge < -0.3 is 15.5 Å². The number of rotatable bonds is 5. The van der Waals surface area contributed by atoms with Crippen LogP contribution in [-0.4, -0.2) is 32.1 Å². The summed E-state index contributed by atoms with van der Waals surface area (Å²) in [5, 5.41) is 5.59. The van der Waals surface area contributed by atoms with Crippen molar-refractivity contribution in [2.45, 2.75) is 32.9 Å². The minimum atomic E-state index is -0.674. The number of carbonyl (C=O) groups excluding carboxylic acids is 1. The van der Waals surface area contributed by atoms with E-state index in [0.717, 1.165) is 0 Å². The van der Waals surface area contributed by atoms with Crippen molar-refractivity contribution in [3.8, 4) is 0 Å². The van der Waals surface area contributed by atoms with Crippen molar-refractivity contribution in [2.24, 2.45) is 0 Å². The molecule has 1 aromatic rings. The Bertz CT molecular complexity index is 489. The molecule has 0 aliphatic rings. The zero-order valence-corrected chi connectivity index (χ0v) is 13.2. The number of likely N-dealkylation sites (N-methyl/N-ethyl adjacent to an activating group) is 2. The van der Waals surface area contributed by atoms with Crippen LogP contribution in [0, 0.1) is 11.6 Å². The standard InChI is InChI=1S/C15H23F2N3O/c1-15(2,3)19-8-10-6-11(16)14(12(17)7-10)20(5)9-13(21)18-4/h6-7,19H,8-9H2,1-5H3,(H,18,21). The summed E-state index contributed by atoms with van der Waals surface area (Å²) in [4.78, 5) is 12.5. The lowest BCUT2D eigenvalue weighted by molar-refractivity contribution is -0.119. The fourth-order valence-electron chi connectivity index (χ4n) is 1.83. The Morgan fingerprint density at radius 1 is 1.24 bits per heavy atom. The van der Waals surface area contributed by atoms with Crippen molar-refractivity contribution in [1.82, 2.24) is 10.6 Å². The van der Waals surface area contributed by atoms with E-state index >= 15 is 0 Å². The molecule has 21 heavy (non-hydrogen) atoms. The van der Waals surface area contributed by atoms with Gasteiger partial charge in [0.2, 0.25) is 5.91 Å². The van der Waals surface area contributed by atoms with E-state index in [1.165, 1.54) is 31.1 Å². The van der Waals surface area contributed by atoms with Gasteiger partial charge in [0.1, 0.15) is 17.3 Å². The number of nitrogens with zero attached hydrogens (tertiary/aromatic N) is 1. The van der Waals surface area contributed by atoms with Gasteiger partial charge >= 0.3 is 0 Å². The van der Waals surface area contributed by atoms with Gasteiger partial charge in [-0.3, -0.25) is 4.79 Å². The number of benzene rings is 1. The number of carbonyl (C=O) groups is 1. The van der Waals surface area contributed by atoms with Crippen molar-refractivity contribution >= 4 is 11.6 Å². The van der Waals surface area contributed by atoms with Crippen LogP contribution in [0.2, 0.25) is 0 Å². The van der Waals surface area contributed by atoms with E-state index in [4.69, 9.17) is 0 Å². The number of amides is 1. The molecule has 0 heterocycles. The van der Waals surface area contributed by atoms with Gasteiger partial charge in [-0.15, -0.1) is 0 Å². The van der Waals surface area contributed by atoms with Crippen LogP contribution in [0.25, 0.3) is 0 Å². The smallest absolute Gasteiger partial charge is 0.239 e. The second kappa shape index (κ2) is 6.85. The molecule has 6 heteroatoms. The van der Waals surface area contributed by atoms with E-state index in [0.29, 0.717) is 12.1 Å². The number of hydrogen-bond donors (Lipinski definition) is 2. The highest BCUT2D eigenvalue weighted by atomic mass is 19.1. The van der Waals surface area contributed by atoms with Crippen LogP contribution in [0.3, 0.4) is 0 Å².